The van der Waals surface area contributed by atoms with Gasteiger partial charge in [-0.15, -0.1) is 10.6 Å². The average molecular weight is 685 g/mol. The molecule has 6 rings (SSSR count). The number of carbonyl (C=O) groups excluding carboxylic acids is 2. The van der Waals surface area contributed by atoms with E-state index in [-0.39, 0.29) is 17.9 Å². The fourth-order valence-electron chi connectivity index (χ4n) is 6.78. The summed E-state index contributed by atoms with van der Waals surface area (Å²) in [6, 6.07) is 17.5. The van der Waals surface area contributed by atoms with Gasteiger partial charge in [0.25, 0.3) is 5.91 Å². The Bertz CT molecular complexity index is 1790. The minimum Gasteiger partial charge on any atom is -0.349 e. The zero-order chi connectivity index (χ0) is 32.6. The molecule has 3 aromatic rings. The molecule has 3 aromatic carbocycles. The summed E-state index contributed by atoms with van der Waals surface area (Å²) in [7, 11) is -3.58. The number of halogens is 2. The van der Waals surface area contributed by atoms with Crippen LogP contribution in [0.15, 0.2) is 71.8 Å². The molecule has 5 N–H and O–H groups in total. The molecular weight excluding hydrogens is 649 g/mol. The number of nitrogens with one attached hydrogen (secondary N) is 5. The summed E-state index contributed by atoms with van der Waals surface area (Å²) in [6.45, 7) is 1.90. The Hall–Kier alpha value is -3.68. The topological polar surface area (TPSA) is 144 Å². The van der Waals surface area contributed by atoms with Crippen LogP contribution in [0, 0.1) is 0 Å². The molecule has 0 aromatic heterocycles. The van der Waals surface area contributed by atoms with Crippen molar-refractivity contribution in [3.8, 4) is 0 Å². The van der Waals surface area contributed by atoms with E-state index in [2.05, 4.69) is 31.6 Å². The van der Waals surface area contributed by atoms with Gasteiger partial charge < -0.3 is 10.2 Å². The predicted molar refractivity (Wildman–Crippen MR) is 178 cm³/mol. The number of hydrogen-bond acceptors (Lipinski definition) is 8. The van der Waals surface area contributed by atoms with Crippen LogP contribution in [-0.4, -0.2) is 49.3 Å². The minimum absolute atomic E-state index is 0.279. The Balaban J connectivity index is 1.42. The van der Waals surface area contributed by atoms with Crippen molar-refractivity contribution in [1.29, 1.82) is 0 Å². The van der Waals surface area contributed by atoms with Crippen LogP contribution in [0.5, 0.6) is 0 Å². The molecule has 3 aliphatic rings. The largest absolute Gasteiger partial charge is 0.349 e. The van der Waals surface area contributed by atoms with Crippen molar-refractivity contribution in [3.05, 3.63) is 105 Å². The molecule has 0 radical (unpaired) electrons. The summed E-state index contributed by atoms with van der Waals surface area (Å²) in [5.41, 5.74) is 11.5. The first-order chi connectivity index (χ1) is 22.0. The number of hydrazine groups is 2. The molecule has 5 atom stereocenters. The number of amides is 2. The maximum Gasteiger partial charge on any atom is 0.255 e. The molecular formula is C32H35Cl2N7O4S. The van der Waals surface area contributed by atoms with Crippen LogP contribution in [0.1, 0.15) is 83.2 Å². The molecule has 46 heavy (non-hydrogen) atoms. The second-order valence-electron chi connectivity index (χ2n) is 11.9. The first kappa shape index (κ1) is 32.3. The SMILES string of the molecule is CC(NC(=O)[C@@H]1c2ccccc2C(=O)N([C@H]2CCCC[C@@H]2NS(C)(=O)=O)[C@H]1c1ccc(Cl)cc1Cl)c1ccc(C2=NNNN2)cc1. The van der Waals surface area contributed by atoms with Gasteiger partial charge in [-0.2, -0.15) is 0 Å². The lowest BCUT2D eigenvalue weighted by Crippen LogP contribution is -2.59. The highest BCUT2D eigenvalue weighted by molar-refractivity contribution is 7.88. The van der Waals surface area contributed by atoms with E-state index in [0.29, 0.717) is 45.4 Å². The highest BCUT2D eigenvalue weighted by Crippen LogP contribution is 2.48. The number of sulfonamides is 1. The zero-order valence-corrected chi connectivity index (χ0v) is 27.6. The van der Waals surface area contributed by atoms with Crippen molar-refractivity contribution in [2.24, 2.45) is 5.10 Å². The number of rotatable bonds is 8. The number of fused-ring (bicyclic) bond motifs is 1. The summed E-state index contributed by atoms with van der Waals surface area (Å²) in [5, 5.41) is 8.04. The van der Waals surface area contributed by atoms with E-state index in [1.807, 2.05) is 37.3 Å². The molecule has 0 spiro atoms. The maximum absolute atomic E-state index is 14.6. The second-order valence-corrected chi connectivity index (χ2v) is 14.5. The van der Waals surface area contributed by atoms with Crippen LogP contribution in [0.25, 0.3) is 0 Å². The van der Waals surface area contributed by atoms with Crippen molar-refractivity contribution < 1.29 is 18.0 Å². The molecule has 2 amide bonds. The molecule has 1 aliphatic carbocycles. The van der Waals surface area contributed by atoms with E-state index < -0.39 is 34.1 Å². The van der Waals surface area contributed by atoms with Crippen LogP contribution < -0.4 is 26.5 Å². The van der Waals surface area contributed by atoms with Crippen LogP contribution in [0.2, 0.25) is 10.0 Å². The lowest BCUT2D eigenvalue weighted by molar-refractivity contribution is -0.125. The third-order valence-electron chi connectivity index (χ3n) is 8.84. The summed E-state index contributed by atoms with van der Waals surface area (Å²) >= 11 is 13.1. The maximum atomic E-state index is 14.6. The number of hydrogen-bond donors (Lipinski definition) is 5. The van der Waals surface area contributed by atoms with Crippen molar-refractivity contribution >= 4 is 50.9 Å². The molecule has 1 saturated carbocycles. The lowest BCUT2D eigenvalue weighted by Gasteiger charge is -2.49. The fraction of sp³-hybridized carbons (Fsp3) is 0.344. The molecule has 242 valence electrons. The van der Waals surface area contributed by atoms with E-state index in [1.54, 1.807) is 41.3 Å². The number of carbonyl (C=O) groups is 2. The fourth-order valence-corrected chi connectivity index (χ4v) is 8.13. The standard InChI is InChI=1S/C32H35Cl2N7O4S/c1-18(19-11-13-20(14-12-19)30-36-39-40-37-30)35-31(42)28-22-7-3-4-8-23(22)32(43)41(29(28)24-16-15-21(33)17-25(24)34)27-10-6-5-9-26(27)38-46(2,44)45/h3-4,7-8,11-18,26-29,38-40H,5-6,9-10H2,1-2H3,(H,35,42)(H,36,37)/t18?,26-,27-,28+,29-/m0/s1. The number of hydrazone groups is 1. The number of amidine groups is 1. The minimum atomic E-state index is -3.58. The Kier molecular flexibility index (Phi) is 9.26. The first-order valence-corrected chi connectivity index (χ1v) is 17.7. The Morgan fingerprint density at radius 2 is 1.76 bits per heavy atom. The smallest absolute Gasteiger partial charge is 0.255 e. The van der Waals surface area contributed by atoms with Crippen molar-refractivity contribution in [2.45, 2.75) is 62.7 Å². The molecule has 0 bridgehead atoms. The van der Waals surface area contributed by atoms with E-state index in [1.165, 1.54) is 0 Å². The van der Waals surface area contributed by atoms with Gasteiger partial charge in [0.2, 0.25) is 15.9 Å². The third-order valence-corrected chi connectivity index (χ3v) is 10.1. The molecule has 14 heteroatoms. The normalized spacial score (nSPS) is 23.5. The van der Waals surface area contributed by atoms with Crippen LogP contribution in [0.3, 0.4) is 0 Å². The lowest BCUT2D eigenvalue weighted by atomic mass is 9.76. The van der Waals surface area contributed by atoms with E-state index in [0.717, 1.165) is 30.2 Å². The average Bonchev–Trinajstić information content (AvgIpc) is 3.56. The van der Waals surface area contributed by atoms with Crippen molar-refractivity contribution in [3.63, 3.8) is 0 Å². The monoisotopic (exact) mass is 683 g/mol. The molecule has 1 fully saturated rings. The summed E-state index contributed by atoms with van der Waals surface area (Å²) in [4.78, 5) is 30.7. The summed E-state index contributed by atoms with van der Waals surface area (Å²) in [6.07, 6.45) is 3.85. The molecule has 11 nitrogen and oxygen atoms in total. The Morgan fingerprint density at radius 1 is 1.02 bits per heavy atom. The molecule has 1 unspecified atom stereocenters. The molecule has 2 heterocycles. The van der Waals surface area contributed by atoms with Crippen molar-refractivity contribution in [1.82, 2.24) is 31.4 Å². The number of benzene rings is 3. The number of nitrogens with zero attached hydrogens (tertiary/aromatic N) is 2. The Morgan fingerprint density at radius 3 is 2.46 bits per heavy atom. The second kappa shape index (κ2) is 13.2. The van der Waals surface area contributed by atoms with E-state index in [4.69, 9.17) is 23.2 Å². The van der Waals surface area contributed by atoms with Gasteiger partial charge >= 0.3 is 0 Å². The van der Waals surface area contributed by atoms with Crippen LogP contribution >= 0.6 is 23.2 Å². The quantitative estimate of drug-likeness (QED) is 0.238. The highest BCUT2D eigenvalue weighted by atomic mass is 35.5. The van der Waals surface area contributed by atoms with Crippen molar-refractivity contribution in [2.75, 3.05) is 6.26 Å². The summed E-state index contributed by atoms with van der Waals surface area (Å²) < 4.78 is 27.7. The van der Waals surface area contributed by atoms with E-state index in [9.17, 15) is 18.0 Å². The van der Waals surface area contributed by atoms with Crippen LogP contribution in [0.4, 0.5) is 0 Å². The molecule has 0 saturated heterocycles. The van der Waals surface area contributed by atoms with Gasteiger partial charge in [-0.25, -0.2) is 18.7 Å². The van der Waals surface area contributed by atoms with Gasteiger partial charge in [-0.1, -0.05) is 84.6 Å². The third kappa shape index (κ3) is 6.58. The van der Waals surface area contributed by atoms with Gasteiger partial charge in [-0.3, -0.25) is 15.0 Å². The zero-order valence-electron chi connectivity index (χ0n) is 25.3. The van der Waals surface area contributed by atoms with Gasteiger partial charge in [-0.05, 0) is 54.7 Å². The highest BCUT2D eigenvalue weighted by Gasteiger charge is 2.49. The van der Waals surface area contributed by atoms with Crippen LogP contribution in [-0.2, 0) is 14.8 Å². The summed E-state index contributed by atoms with van der Waals surface area (Å²) in [5.74, 6) is -0.791. The van der Waals surface area contributed by atoms with E-state index >= 15 is 0 Å². The van der Waals surface area contributed by atoms with Gasteiger partial charge in [0.05, 0.1) is 24.3 Å². The first-order valence-electron chi connectivity index (χ1n) is 15.1. The van der Waals surface area contributed by atoms with Gasteiger partial charge in [0.1, 0.15) is 0 Å². The predicted octanol–water partition coefficient (Wildman–Crippen LogP) is 4.29. The van der Waals surface area contributed by atoms with Gasteiger partial charge in [0, 0.05) is 33.3 Å². The Labute approximate surface area is 278 Å². The van der Waals surface area contributed by atoms with Gasteiger partial charge in [0.15, 0.2) is 5.84 Å². The molecule has 2 aliphatic heterocycles.